The van der Waals surface area contributed by atoms with E-state index >= 15 is 0 Å². The molecule has 0 saturated heterocycles. The van der Waals surface area contributed by atoms with Crippen LogP contribution in [0.1, 0.15) is 46.6 Å². The van der Waals surface area contributed by atoms with Gasteiger partial charge in [-0.05, 0) is 34.9 Å². The minimum Gasteiger partial charge on any atom is -0.484 e. The van der Waals surface area contributed by atoms with Crippen LogP contribution in [0.4, 0.5) is 0 Å². The van der Waals surface area contributed by atoms with E-state index in [1.165, 1.54) is 5.56 Å². The van der Waals surface area contributed by atoms with Gasteiger partial charge in [-0.2, -0.15) is 0 Å². The minimum atomic E-state index is -0.711. The Hall–Kier alpha value is -1.51. The van der Waals surface area contributed by atoms with Gasteiger partial charge in [0.1, 0.15) is 5.75 Å². The van der Waals surface area contributed by atoms with Gasteiger partial charge in [0.15, 0.2) is 6.61 Å². The SMILES string of the molecule is CC(C)(C)CC(C)(C)c1ccc(OCC([NH])=O)cc1. The number of amides is 1. The summed E-state index contributed by atoms with van der Waals surface area (Å²) in [4.78, 5) is 10.5. The van der Waals surface area contributed by atoms with Gasteiger partial charge in [0, 0.05) is 0 Å². The predicted octanol–water partition coefficient (Wildman–Crippen LogP) is 3.59. The summed E-state index contributed by atoms with van der Waals surface area (Å²) >= 11 is 0. The van der Waals surface area contributed by atoms with Gasteiger partial charge in [0.05, 0.1) is 0 Å². The summed E-state index contributed by atoms with van der Waals surface area (Å²) < 4.78 is 5.20. The van der Waals surface area contributed by atoms with Crippen molar-refractivity contribution in [3.63, 3.8) is 0 Å². The standard InChI is InChI=1S/C16H24NO2/c1-15(2,3)11-16(4,5)12-6-8-13(9-7-12)19-10-14(17)18/h6-9,17H,10-11H2,1-5H3. The first-order valence-electron chi connectivity index (χ1n) is 6.58. The number of hydrogen-bond donors (Lipinski definition) is 0. The first-order valence-corrected chi connectivity index (χ1v) is 6.58. The van der Waals surface area contributed by atoms with Gasteiger partial charge in [-0.3, -0.25) is 10.5 Å². The zero-order valence-corrected chi connectivity index (χ0v) is 12.5. The van der Waals surface area contributed by atoms with Crippen LogP contribution in [0.3, 0.4) is 0 Å². The van der Waals surface area contributed by atoms with Crippen LogP contribution in [-0.4, -0.2) is 12.5 Å². The summed E-state index contributed by atoms with van der Waals surface area (Å²) in [5, 5.41) is 0. The van der Waals surface area contributed by atoms with Crippen molar-refractivity contribution in [3.05, 3.63) is 29.8 Å². The Morgan fingerprint density at radius 1 is 1.11 bits per heavy atom. The van der Waals surface area contributed by atoms with Crippen LogP contribution in [-0.2, 0) is 10.2 Å². The lowest BCUT2D eigenvalue weighted by molar-refractivity contribution is -0.120. The van der Waals surface area contributed by atoms with Gasteiger partial charge >= 0.3 is 0 Å². The molecule has 0 spiro atoms. The van der Waals surface area contributed by atoms with Crippen LogP contribution in [0.25, 0.3) is 0 Å². The van der Waals surface area contributed by atoms with E-state index in [4.69, 9.17) is 10.5 Å². The number of nitrogens with one attached hydrogen (secondary N) is 1. The van der Waals surface area contributed by atoms with E-state index < -0.39 is 5.91 Å². The number of ether oxygens (including phenoxy) is 1. The fourth-order valence-corrected chi connectivity index (χ4v) is 2.58. The second kappa shape index (κ2) is 5.64. The van der Waals surface area contributed by atoms with Crippen LogP contribution >= 0.6 is 0 Å². The van der Waals surface area contributed by atoms with Crippen LogP contribution in [0, 0.1) is 5.41 Å². The zero-order valence-electron chi connectivity index (χ0n) is 12.5. The Kier molecular flexibility index (Phi) is 4.61. The van der Waals surface area contributed by atoms with Crippen molar-refractivity contribution >= 4 is 5.91 Å². The van der Waals surface area contributed by atoms with Crippen molar-refractivity contribution in [1.29, 1.82) is 0 Å². The second-order valence-electron chi connectivity index (χ2n) is 6.86. The Balaban J connectivity index is 2.77. The van der Waals surface area contributed by atoms with E-state index in [9.17, 15) is 4.79 Å². The molecule has 1 N–H and O–H groups in total. The summed E-state index contributed by atoms with van der Waals surface area (Å²) in [5.41, 5.74) is 8.43. The zero-order chi connectivity index (χ0) is 14.7. The normalized spacial score (nSPS) is 12.3. The molecule has 3 heteroatoms. The summed E-state index contributed by atoms with van der Waals surface area (Å²) in [6.45, 7) is 11.0. The van der Waals surface area contributed by atoms with Gasteiger partial charge in [0.2, 0.25) is 0 Å². The smallest absolute Gasteiger partial charge is 0.276 e. The first kappa shape index (κ1) is 15.5. The summed E-state index contributed by atoms with van der Waals surface area (Å²) in [6, 6.07) is 7.80. The lowest BCUT2D eigenvalue weighted by Crippen LogP contribution is -2.24. The van der Waals surface area contributed by atoms with Crippen molar-refractivity contribution in [2.45, 2.75) is 46.5 Å². The fourth-order valence-electron chi connectivity index (χ4n) is 2.58. The lowest BCUT2D eigenvalue weighted by Gasteiger charge is -2.33. The Bertz CT molecular complexity index is 427. The highest BCUT2D eigenvalue weighted by molar-refractivity contribution is 5.74. The number of carbonyl (C=O) groups is 1. The molecule has 105 valence electrons. The van der Waals surface area contributed by atoms with Crippen molar-refractivity contribution in [3.8, 4) is 5.75 Å². The Morgan fingerprint density at radius 3 is 2.05 bits per heavy atom. The molecule has 0 unspecified atom stereocenters. The molecule has 0 aliphatic heterocycles. The molecule has 0 aliphatic carbocycles. The van der Waals surface area contributed by atoms with E-state index in [0.717, 1.165) is 6.42 Å². The third kappa shape index (κ3) is 5.33. The maximum absolute atomic E-state index is 10.5. The molecule has 1 aromatic rings. The fraction of sp³-hybridized carbons (Fsp3) is 0.562. The Morgan fingerprint density at radius 2 is 1.63 bits per heavy atom. The molecule has 19 heavy (non-hydrogen) atoms. The molecule has 1 amide bonds. The molecular weight excluding hydrogens is 238 g/mol. The van der Waals surface area contributed by atoms with E-state index in [-0.39, 0.29) is 17.4 Å². The maximum atomic E-state index is 10.5. The van der Waals surface area contributed by atoms with Crippen molar-refractivity contribution in [2.75, 3.05) is 6.61 Å². The summed E-state index contributed by atoms with van der Waals surface area (Å²) in [5.74, 6) is -0.0759. The maximum Gasteiger partial charge on any atom is 0.276 e. The molecule has 1 aromatic carbocycles. The molecular formula is C16H24NO2. The third-order valence-corrected chi connectivity index (χ3v) is 2.98. The predicted molar refractivity (Wildman–Crippen MR) is 77.1 cm³/mol. The van der Waals surface area contributed by atoms with E-state index in [2.05, 4.69) is 34.6 Å². The summed E-state index contributed by atoms with van der Waals surface area (Å²) in [7, 11) is 0. The van der Waals surface area contributed by atoms with Crippen LogP contribution in [0.15, 0.2) is 24.3 Å². The molecule has 0 heterocycles. The van der Waals surface area contributed by atoms with E-state index in [1.54, 1.807) is 0 Å². The molecule has 0 aliphatic rings. The van der Waals surface area contributed by atoms with Crippen LogP contribution in [0.5, 0.6) is 5.75 Å². The highest BCUT2D eigenvalue weighted by Crippen LogP contribution is 2.36. The number of rotatable bonds is 5. The minimum absolute atomic E-state index is 0.0992. The van der Waals surface area contributed by atoms with Crippen molar-refractivity contribution in [1.82, 2.24) is 5.73 Å². The van der Waals surface area contributed by atoms with Crippen LogP contribution in [0.2, 0.25) is 0 Å². The Labute approximate surface area is 116 Å². The second-order valence-corrected chi connectivity index (χ2v) is 6.86. The van der Waals surface area contributed by atoms with Gasteiger partial charge < -0.3 is 4.74 Å². The largest absolute Gasteiger partial charge is 0.484 e. The molecule has 0 aromatic heterocycles. The number of carbonyl (C=O) groups excluding carboxylic acids is 1. The topological polar surface area (TPSA) is 50.1 Å². The molecule has 1 radical (unpaired) electrons. The molecule has 0 saturated carbocycles. The lowest BCUT2D eigenvalue weighted by atomic mass is 9.72. The average Bonchev–Trinajstić information content (AvgIpc) is 2.23. The quantitative estimate of drug-likeness (QED) is 0.814. The van der Waals surface area contributed by atoms with Gasteiger partial charge in [-0.15, -0.1) is 0 Å². The highest BCUT2D eigenvalue weighted by Gasteiger charge is 2.27. The average molecular weight is 262 g/mol. The van der Waals surface area contributed by atoms with E-state index in [1.807, 2.05) is 24.3 Å². The third-order valence-electron chi connectivity index (χ3n) is 2.98. The number of benzene rings is 1. The summed E-state index contributed by atoms with van der Waals surface area (Å²) in [6.07, 6.45) is 1.09. The number of hydrogen-bond acceptors (Lipinski definition) is 2. The van der Waals surface area contributed by atoms with E-state index in [0.29, 0.717) is 5.75 Å². The highest BCUT2D eigenvalue weighted by atomic mass is 16.5. The molecule has 0 fully saturated rings. The molecule has 1 rings (SSSR count). The first-order chi connectivity index (χ1) is 8.60. The van der Waals surface area contributed by atoms with Gasteiger partial charge in [-0.25, -0.2) is 0 Å². The van der Waals surface area contributed by atoms with Crippen LogP contribution < -0.4 is 10.5 Å². The van der Waals surface area contributed by atoms with Gasteiger partial charge in [-0.1, -0.05) is 46.8 Å². The monoisotopic (exact) mass is 262 g/mol. The van der Waals surface area contributed by atoms with Crippen molar-refractivity contribution < 1.29 is 9.53 Å². The van der Waals surface area contributed by atoms with Crippen molar-refractivity contribution in [2.24, 2.45) is 5.41 Å². The molecule has 0 atom stereocenters. The van der Waals surface area contributed by atoms with Gasteiger partial charge in [0.25, 0.3) is 5.91 Å². The molecule has 0 bridgehead atoms. The molecule has 3 nitrogen and oxygen atoms in total.